The fourth-order valence-corrected chi connectivity index (χ4v) is 13.1. The van der Waals surface area contributed by atoms with Crippen LogP contribution in [0.5, 0.6) is 0 Å². The zero-order chi connectivity index (χ0) is 42.7. The number of benzene rings is 2. The first-order chi connectivity index (χ1) is 27.8. The molecule has 2 saturated carbocycles. The third kappa shape index (κ3) is 5.46. The van der Waals surface area contributed by atoms with Crippen LogP contribution in [0, 0.1) is 11.8 Å². The number of alkyl halides is 6. The van der Waals surface area contributed by atoms with E-state index in [0.717, 1.165) is 57.6 Å². The molecule has 4 heterocycles. The summed E-state index contributed by atoms with van der Waals surface area (Å²) in [5, 5.41) is -1.13. The molecule has 0 N–H and O–H groups in total. The van der Waals surface area contributed by atoms with Crippen molar-refractivity contribution in [1.29, 1.82) is 0 Å². The first-order valence-electron chi connectivity index (χ1n) is 18.5. The predicted molar refractivity (Wildman–Crippen MR) is 194 cm³/mol. The van der Waals surface area contributed by atoms with E-state index in [1.807, 2.05) is 0 Å². The maximum atomic E-state index is 15.3. The first-order valence-corrected chi connectivity index (χ1v) is 20.7. The lowest BCUT2D eigenvalue weighted by atomic mass is 9.80. The van der Waals surface area contributed by atoms with Gasteiger partial charge in [0.05, 0.1) is 17.3 Å². The molecule has 11 atom stereocenters. The van der Waals surface area contributed by atoms with Crippen LogP contribution in [0.4, 0.5) is 26.3 Å². The number of piperazine rings is 1. The summed E-state index contributed by atoms with van der Waals surface area (Å²) in [6.07, 6.45) is -13.8. The van der Waals surface area contributed by atoms with E-state index in [1.165, 1.54) is 42.7 Å². The number of rotatable bonds is 9. The molecule has 4 aliphatic heterocycles. The summed E-state index contributed by atoms with van der Waals surface area (Å²) < 4.78 is 111. The number of hydrogen-bond donors (Lipinski definition) is 0. The maximum absolute atomic E-state index is 15.3. The Kier molecular flexibility index (Phi) is 9.83. The molecule has 8 rings (SSSR count). The number of amides is 2. The van der Waals surface area contributed by atoms with E-state index >= 15 is 9.59 Å². The van der Waals surface area contributed by atoms with E-state index in [9.17, 15) is 45.5 Å². The minimum atomic E-state index is -5.34. The SMILES string of the molecule is CO[C@](C(=O)O[C@H]1CCC(=O)[C@@H]2C[C@@]3(SC)C(=O)N4[C@@H]5[C@@H](OC(=O)[C@@](OC)(c6ccccc6)C(F)(F)F)C[C@@H]6S[C@]4(C[C@H]5C6=O)C(=O)N3[C@H]12)(c1ccccc1)C(F)(F)F. The lowest BCUT2D eigenvalue weighted by Crippen LogP contribution is -2.74. The Labute approximate surface area is 340 Å². The highest BCUT2D eigenvalue weighted by molar-refractivity contribution is 8.03. The molecule has 2 aromatic rings. The van der Waals surface area contributed by atoms with Gasteiger partial charge in [-0.25, -0.2) is 9.59 Å². The van der Waals surface area contributed by atoms with Gasteiger partial charge in [0.1, 0.15) is 18.0 Å². The molecule has 2 aromatic carbocycles. The average Bonchev–Trinajstić information content (AvgIpc) is 3.67. The molecule has 316 valence electrons. The zero-order valence-electron chi connectivity index (χ0n) is 31.4. The van der Waals surface area contributed by atoms with Crippen LogP contribution in [0.1, 0.15) is 43.2 Å². The van der Waals surface area contributed by atoms with Crippen LogP contribution in [-0.4, -0.2) is 117 Å². The van der Waals surface area contributed by atoms with Crippen LogP contribution >= 0.6 is 23.5 Å². The molecule has 1 spiro atoms. The molecule has 0 unspecified atom stereocenters. The largest absolute Gasteiger partial charge is 0.457 e. The van der Waals surface area contributed by atoms with Crippen molar-refractivity contribution in [2.45, 2.75) is 94.9 Å². The molecule has 3 bridgehead atoms. The van der Waals surface area contributed by atoms with Gasteiger partial charge < -0.3 is 28.7 Å². The molecule has 0 radical (unpaired) electrons. The lowest BCUT2D eigenvalue weighted by Gasteiger charge is -2.54. The molecule has 20 heteroatoms. The Balaban J connectivity index is 1.17. The van der Waals surface area contributed by atoms with Crippen molar-refractivity contribution in [3.05, 3.63) is 71.8 Å². The van der Waals surface area contributed by atoms with E-state index in [1.54, 1.807) is 0 Å². The van der Waals surface area contributed by atoms with Crippen molar-refractivity contribution < 1.29 is 74.1 Å². The monoisotopic (exact) mass is 870 g/mol. The number of carbonyl (C=O) groups is 6. The van der Waals surface area contributed by atoms with Gasteiger partial charge in [-0.3, -0.25) is 19.2 Å². The highest BCUT2D eigenvalue weighted by Gasteiger charge is 2.80. The summed E-state index contributed by atoms with van der Waals surface area (Å²) in [6.45, 7) is 0. The van der Waals surface area contributed by atoms with Gasteiger partial charge in [0, 0.05) is 62.9 Å². The van der Waals surface area contributed by atoms with E-state index in [-0.39, 0.29) is 32.1 Å². The number of ketones is 2. The number of carbonyl (C=O) groups excluding carboxylic acids is 6. The first kappa shape index (κ1) is 41.6. The molecule has 6 fully saturated rings. The number of methoxy groups -OCH3 is 2. The Bertz CT molecular complexity index is 2110. The second-order valence-electron chi connectivity index (χ2n) is 15.4. The second kappa shape index (κ2) is 14.0. The van der Waals surface area contributed by atoms with Crippen LogP contribution in [0.25, 0.3) is 0 Å². The quantitative estimate of drug-likeness (QED) is 0.255. The van der Waals surface area contributed by atoms with Crippen LogP contribution < -0.4 is 0 Å². The normalized spacial score (nSPS) is 34.4. The van der Waals surface area contributed by atoms with Gasteiger partial charge in [0.2, 0.25) is 0 Å². The van der Waals surface area contributed by atoms with Crippen LogP contribution in [0.15, 0.2) is 60.7 Å². The summed E-state index contributed by atoms with van der Waals surface area (Å²) in [5.41, 5.74) is -8.37. The molecule has 4 saturated heterocycles. The number of Topliss-reactive ketones (excluding diaryl/α,β-unsaturated/α-hetero) is 2. The van der Waals surface area contributed by atoms with Crippen molar-refractivity contribution in [2.24, 2.45) is 11.8 Å². The van der Waals surface area contributed by atoms with E-state index in [4.69, 9.17) is 18.9 Å². The number of nitrogens with zero attached hydrogens (tertiary/aromatic N) is 2. The Morgan fingerprint density at radius 1 is 0.729 bits per heavy atom. The zero-order valence-corrected chi connectivity index (χ0v) is 33.0. The molecule has 6 aliphatic rings. The van der Waals surface area contributed by atoms with E-state index < -0.39 is 121 Å². The molecule has 0 aromatic heterocycles. The topological polar surface area (TPSA) is 146 Å². The highest BCUT2D eigenvalue weighted by atomic mass is 32.2. The Hall–Kier alpha value is -4.14. The third-order valence-corrected chi connectivity index (χ3v) is 15.7. The average molecular weight is 871 g/mol. The second-order valence-corrected chi connectivity index (χ2v) is 17.9. The number of hydrogen-bond acceptors (Lipinski definition) is 12. The van der Waals surface area contributed by atoms with Gasteiger partial charge in [-0.2, -0.15) is 26.3 Å². The lowest BCUT2D eigenvalue weighted by molar-refractivity contribution is -0.280. The van der Waals surface area contributed by atoms with E-state index in [0.29, 0.717) is 14.2 Å². The number of fused-ring (bicyclic) bond motifs is 5. The molecule has 2 amide bonds. The number of esters is 2. The fourth-order valence-electron chi connectivity index (χ4n) is 10.2. The van der Waals surface area contributed by atoms with Crippen LogP contribution in [0.2, 0.25) is 0 Å². The summed E-state index contributed by atoms with van der Waals surface area (Å²) in [6, 6.07) is 9.33. The minimum Gasteiger partial charge on any atom is -0.457 e. The fraction of sp³-hybridized carbons (Fsp3) is 0.538. The van der Waals surface area contributed by atoms with Crippen molar-refractivity contribution in [1.82, 2.24) is 9.80 Å². The standard InChI is InChI=1S/C39H36F6N2O10S2/c1-54-36(38(40,41)42,19-10-6-4-7-11-19)32(52)56-24-15-14-23(48)21-17-34(58-3)30(50)47-28-22-18-35(47,31(51)46(34)27(21)24)59-26(29(22)49)16-25(28)57-33(53)37(55-2,39(43,44)45)20-12-8-5-9-13-20/h4-13,21-22,24-28H,14-18H2,1-3H3/t21-,22+,24-,25-,26-,27-,28-,34+,35+,36-,37-/m0/s1. The van der Waals surface area contributed by atoms with Gasteiger partial charge in [-0.1, -0.05) is 60.7 Å². The van der Waals surface area contributed by atoms with E-state index in [2.05, 4.69) is 0 Å². The smallest absolute Gasteiger partial charge is 0.432 e. The molecule has 59 heavy (non-hydrogen) atoms. The summed E-state index contributed by atoms with van der Waals surface area (Å²) >= 11 is 1.63. The van der Waals surface area contributed by atoms with Gasteiger partial charge in [0.25, 0.3) is 23.0 Å². The number of thioether (sulfide) groups is 2. The van der Waals surface area contributed by atoms with Crippen molar-refractivity contribution in [3.8, 4) is 0 Å². The third-order valence-electron chi connectivity index (χ3n) is 12.8. The van der Waals surface area contributed by atoms with Gasteiger partial charge in [-0.15, -0.1) is 23.5 Å². The van der Waals surface area contributed by atoms with Gasteiger partial charge in [-0.05, 0) is 12.7 Å². The minimum absolute atomic E-state index is 0.262. The van der Waals surface area contributed by atoms with Crippen LogP contribution in [0.3, 0.4) is 0 Å². The summed E-state index contributed by atoms with van der Waals surface area (Å²) in [4.78, 5) is 84.2. The summed E-state index contributed by atoms with van der Waals surface area (Å²) in [5.74, 6) is -8.47. The molecule has 2 aliphatic carbocycles. The molecule has 12 nitrogen and oxygen atoms in total. The highest BCUT2D eigenvalue weighted by Crippen LogP contribution is 2.65. The van der Waals surface area contributed by atoms with Crippen LogP contribution in [-0.2, 0) is 58.9 Å². The van der Waals surface area contributed by atoms with Crippen molar-refractivity contribution in [2.75, 3.05) is 20.5 Å². The predicted octanol–water partition coefficient (Wildman–Crippen LogP) is 4.67. The Morgan fingerprint density at radius 2 is 1.24 bits per heavy atom. The number of halogens is 6. The maximum Gasteiger partial charge on any atom is 0.432 e. The number of ether oxygens (including phenoxy) is 4. The van der Waals surface area contributed by atoms with Crippen molar-refractivity contribution in [3.63, 3.8) is 0 Å². The van der Waals surface area contributed by atoms with Gasteiger partial charge in [0.15, 0.2) is 15.5 Å². The summed E-state index contributed by atoms with van der Waals surface area (Å²) in [7, 11) is 1.39. The van der Waals surface area contributed by atoms with Gasteiger partial charge >= 0.3 is 24.3 Å². The molecular weight excluding hydrogens is 835 g/mol. The molecular formula is C39H36F6N2O10S2. The van der Waals surface area contributed by atoms with Crippen molar-refractivity contribution >= 4 is 58.8 Å². The Morgan fingerprint density at radius 3 is 1.73 bits per heavy atom.